The molecule has 0 spiro atoms. The van der Waals surface area contributed by atoms with Crippen molar-refractivity contribution in [3.8, 4) is 0 Å². The molecule has 1 fully saturated rings. The van der Waals surface area contributed by atoms with E-state index in [9.17, 15) is 9.90 Å². The Labute approximate surface area is 128 Å². The number of nitrogens with one attached hydrogen (secondary N) is 1. The van der Waals surface area contributed by atoms with Gasteiger partial charge in [-0.05, 0) is 64.8 Å². The van der Waals surface area contributed by atoms with Gasteiger partial charge in [-0.15, -0.1) is 0 Å². The first kappa shape index (κ1) is 16.5. The molecule has 0 aliphatic heterocycles. The van der Waals surface area contributed by atoms with Crippen LogP contribution in [0.4, 0.5) is 0 Å². The third-order valence-corrected chi connectivity index (χ3v) is 4.81. The fourth-order valence-corrected chi connectivity index (χ4v) is 2.91. The van der Waals surface area contributed by atoms with E-state index in [2.05, 4.69) is 11.4 Å². The van der Waals surface area contributed by atoms with Crippen LogP contribution in [0, 0.1) is 5.92 Å². The van der Waals surface area contributed by atoms with Crippen LogP contribution in [-0.2, 0) is 4.79 Å². The van der Waals surface area contributed by atoms with Crippen LogP contribution < -0.4 is 5.32 Å². The Balaban J connectivity index is 1.65. The van der Waals surface area contributed by atoms with Crippen molar-refractivity contribution in [1.29, 1.82) is 0 Å². The van der Waals surface area contributed by atoms with Gasteiger partial charge < -0.3 is 10.4 Å². The largest absolute Gasteiger partial charge is 0.392 e. The summed E-state index contributed by atoms with van der Waals surface area (Å²) in [4.78, 5) is 14.1. The summed E-state index contributed by atoms with van der Waals surface area (Å²) in [5.74, 6) is 0.526. The van der Waals surface area contributed by atoms with Gasteiger partial charge in [0.25, 0.3) is 0 Å². The molecule has 2 aliphatic rings. The molecule has 0 heterocycles. The van der Waals surface area contributed by atoms with Crippen molar-refractivity contribution < 1.29 is 9.90 Å². The molecule has 0 radical (unpaired) electrons. The summed E-state index contributed by atoms with van der Waals surface area (Å²) in [7, 11) is 1.92. The topological polar surface area (TPSA) is 52.6 Å². The van der Waals surface area contributed by atoms with E-state index in [0.717, 1.165) is 25.8 Å². The van der Waals surface area contributed by atoms with Gasteiger partial charge in [0.2, 0.25) is 5.91 Å². The lowest BCUT2D eigenvalue weighted by Gasteiger charge is -2.26. The van der Waals surface area contributed by atoms with Crippen LogP contribution in [0.15, 0.2) is 11.6 Å². The van der Waals surface area contributed by atoms with E-state index in [-0.39, 0.29) is 18.1 Å². The molecule has 0 aromatic heterocycles. The van der Waals surface area contributed by atoms with E-state index in [0.29, 0.717) is 12.5 Å². The normalized spacial score (nSPS) is 21.8. The first-order valence-corrected chi connectivity index (χ1v) is 8.42. The maximum atomic E-state index is 12.1. The molecular weight excluding hydrogens is 264 g/mol. The van der Waals surface area contributed by atoms with Crippen LogP contribution in [0.25, 0.3) is 0 Å². The molecule has 21 heavy (non-hydrogen) atoms. The molecule has 4 nitrogen and oxygen atoms in total. The highest BCUT2D eigenvalue weighted by molar-refractivity contribution is 5.81. The molecule has 2 N–H and O–H groups in total. The second-order valence-corrected chi connectivity index (χ2v) is 6.67. The minimum atomic E-state index is -0.280. The van der Waals surface area contributed by atoms with Gasteiger partial charge in [-0.2, -0.15) is 0 Å². The molecular formula is C17H30N2O2. The zero-order valence-corrected chi connectivity index (χ0v) is 13.5. The van der Waals surface area contributed by atoms with Gasteiger partial charge >= 0.3 is 0 Å². The maximum Gasteiger partial charge on any atom is 0.237 e. The number of hydrogen-bond acceptors (Lipinski definition) is 3. The summed E-state index contributed by atoms with van der Waals surface area (Å²) in [5.41, 5.74) is 1.49. The minimum absolute atomic E-state index is 0.0666. The summed E-state index contributed by atoms with van der Waals surface area (Å²) in [6, 6.07) is -0.182. The van der Waals surface area contributed by atoms with Crippen LogP contribution in [-0.4, -0.2) is 48.2 Å². The van der Waals surface area contributed by atoms with Crippen molar-refractivity contribution in [2.24, 2.45) is 5.92 Å². The van der Waals surface area contributed by atoms with Gasteiger partial charge in [0.1, 0.15) is 0 Å². The van der Waals surface area contributed by atoms with Crippen LogP contribution >= 0.6 is 0 Å². The third-order valence-electron chi connectivity index (χ3n) is 4.81. The van der Waals surface area contributed by atoms with Crippen molar-refractivity contribution in [1.82, 2.24) is 10.2 Å². The quantitative estimate of drug-likeness (QED) is 0.674. The standard InChI is InChI=1S/C17H30N2O2/c1-13(19(2)12-16(20)15-8-9-15)17(21)18-11-10-14-6-4-3-5-7-14/h6,13,15-16,20H,3-5,7-12H2,1-2H3,(H,18,21). The van der Waals surface area contributed by atoms with Crippen LogP contribution in [0.1, 0.15) is 51.9 Å². The van der Waals surface area contributed by atoms with E-state index >= 15 is 0 Å². The molecule has 2 rings (SSSR count). The Morgan fingerprint density at radius 2 is 2.24 bits per heavy atom. The average molecular weight is 294 g/mol. The monoisotopic (exact) mass is 294 g/mol. The van der Waals surface area contributed by atoms with Gasteiger partial charge in [0.15, 0.2) is 0 Å². The predicted molar refractivity (Wildman–Crippen MR) is 85.0 cm³/mol. The lowest BCUT2D eigenvalue weighted by atomic mass is 9.97. The van der Waals surface area contributed by atoms with Crippen LogP contribution in [0.5, 0.6) is 0 Å². The number of carbonyl (C=O) groups excluding carboxylic acids is 1. The number of likely N-dealkylation sites (N-methyl/N-ethyl adjacent to an activating group) is 1. The van der Waals surface area contributed by atoms with E-state index in [1.165, 1.54) is 31.3 Å². The fourth-order valence-electron chi connectivity index (χ4n) is 2.91. The molecule has 2 atom stereocenters. The highest BCUT2D eigenvalue weighted by Gasteiger charge is 2.31. The second-order valence-electron chi connectivity index (χ2n) is 6.67. The predicted octanol–water partition coefficient (Wildman–Crippen LogP) is 2.08. The van der Waals surface area contributed by atoms with Crippen molar-refractivity contribution in [3.63, 3.8) is 0 Å². The van der Waals surface area contributed by atoms with Gasteiger partial charge in [-0.3, -0.25) is 9.69 Å². The number of aliphatic hydroxyl groups is 1. The minimum Gasteiger partial charge on any atom is -0.392 e. The fraction of sp³-hybridized carbons (Fsp3) is 0.824. The van der Waals surface area contributed by atoms with E-state index in [1.807, 2.05) is 18.9 Å². The highest BCUT2D eigenvalue weighted by atomic mass is 16.3. The Kier molecular flexibility index (Phi) is 6.24. The zero-order chi connectivity index (χ0) is 15.2. The number of hydrogen-bond donors (Lipinski definition) is 2. The number of carbonyl (C=O) groups is 1. The summed E-state index contributed by atoms with van der Waals surface area (Å²) >= 11 is 0. The second kappa shape index (κ2) is 7.95. The third kappa shape index (κ3) is 5.44. The van der Waals surface area contributed by atoms with Crippen LogP contribution in [0.2, 0.25) is 0 Å². The van der Waals surface area contributed by atoms with E-state index < -0.39 is 0 Å². The molecule has 0 aromatic rings. The molecule has 0 bridgehead atoms. The molecule has 4 heteroatoms. The van der Waals surface area contributed by atoms with Crippen molar-refractivity contribution in [2.45, 2.75) is 64.0 Å². The first-order valence-electron chi connectivity index (χ1n) is 8.42. The highest BCUT2D eigenvalue weighted by Crippen LogP contribution is 2.32. The molecule has 0 aromatic carbocycles. The Morgan fingerprint density at radius 3 is 2.86 bits per heavy atom. The van der Waals surface area contributed by atoms with Crippen molar-refractivity contribution >= 4 is 5.91 Å². The van der Waals surface area contributed by atoms with Gasteiger partial charge in [0, 0.05) is 13.1 Å². The molecule has 1 amide bonds. The number of allylic oxidation sites excluding steroid dienone is 1. The summed E-state index contributed by atoms with van der Waals surface area (Å²) in [6.45, 7) is 3.23. The molecule has 2 aliphatic carbocycles. The number of rotatable bonds is 8. The SMILES string of the molecule is CC(C(=O)NCCC1=CCCCC1)N(C)CC(O)C1CC1. The number of nitrogens with zero attached hydrogens (tertiary/aromatic N) is 1. The summed E-state index contributed by atoms with van der Waals surface area (Å²) in [5, 5.41) is 13.0. The van der Waals surface area contributed by atoms with Gasteiger partial charge in [0.05, 0.1) is 12.1 Å². The number of amides is 1. The molecule has 0 saturated heterocycles. The van der Waals surface area contributed by atoms with Gasteiger partial charge in [-0.1, -0.05) is 11.6 Å². The lowest BCUT2D eigenvalue weighted by molar-refractivity contribution is -0.125. The first-order chi connectivity index (χ1) is 10.1. The Bertz CT molecular complexity index is 377. The maximum absolute atomic E-state index is 12.1. The van der Waals surface area contributed by atoms with E-state index in [4.69, 9.17) is 0 Å². The molecule has 120 valence electrons. The van der Waals surface area contributed by atoms with Gasteiger partial charge in [-0.25, -0.2) is 0 Å². The smallest absolute Gasteiger partial charge is 0.237 e. The number of aliphatic hydroxyl groups excluding tert-OH is 1. The Morgan fingerprint density at radius 1 is 1.48 bits per heavy atom. The molecule has 2 unspecified atom stereocenters. The Hall–Kier alpha value is -0.870. The lowest BCUT2D eigenvalue weighted by Crippen LogP contribution is -2.46. The van der Waals surface area contributed by atoms with E-state index in [1.54, 1.807) is 0 Å². The summed E-state index contributed by atoms with van der Waals surface area (Å²) < 4.78 is 0. The molecule has 1 saturated carbocycles. The van der Waals surface area contributed by atoms with Crippen LogP contribution in [0.3, 0.4) is 0 Å². The van der Waals surface area contributed by atoms with Crippen molar-refractivity contribution in [2.75, 3.05) is 20.1 Å². The average Bonchev–Trinajstić information content (AvgIpc) is 3.32. The zero-order valence-electron chi connectivity index (χ0n) is 13.5. The van der Waals surface area contributed by atoms with Crippen molar-refractivity contribution in [3.05, 3.63) is 11.6 Å². The summed E-state index contributed by atoms with van der Waals surface area (Å²) in [6.07, 6.45) is 10.3.